The summed E-state index contributed by atoms with van der Waals surface area (Å²) in [7, 11) is 0. The lowest BCUT2D eigenvalue weighted by atomic mass is 10.2. The van der Waals surface area contributed by atoms with Gasteiger partial charge in [0.2, 0.25) is 0 Å². The number of rotatable bonds is 4. The molecule has 0 aliphatic carbocycles. The first-order chi connectivity index (χ1) is 11.1. The molecule has 0 radical (unpaired) electrons. The van der Waals surface area contributed by atoms with Gasteiger partial charge in [0.15, 0.2) is 0 Å². The summed E-state index contributed by atoms with van der Waals surface area (Å²) in [4.78, 5) is 28.3. The summed E-state index contributed by atoms with van der Waals surface area (Å²) in [6.07, 6.45) is 1.46. The Hall–Kier alpha value is -2.25. The second kappa shape index (κ2) is 6.47. The molecule has 0 atom stereocenters. The van der Waals surface area contributed by atoms with E-state index in [0.29, 0.717) is 16.8 Å². The number of fused-ring (bicyclic) bond motifs is 1. The fourth-order valence-corrected chi connectivity index (χ4v) is 3.04. The van der Waals surface area contributed by atoms with Crippen molar-refractivity contribution in [2.45, 2.75) is 6.54 Å². The molecule has 23 heavy (non-hydrogen) atoms. The Kier molecular flexibility index (Phi) is 4.40. The van der Waals surface area contributed by atoms with Crippen LogP contribution in [0.15, 0.2) is 40.8 Å². The Bertz CT molecular complexity index is 938. The minimum atomic E-state index is -0.579. The Morgan fingerprint density at radius 3 is 3.00 bits per heavy atom. The summed E-state index contributed by atoms with van der Waals surface area (Å²) in [6, 6.07) is 5.53. The molecule has 1 aromatic carbocycles. The molecule has 2 heterocycles. The van der Waals surface area contributed by atoms with E-state index >= 15 is 0 Å². The average Bonchev–Trinajstić information content (AvgIpc) is 3.01. The van der Waals surface area contributed by atoms with Crippen molar-refractivity contribution in [3.8, 4) is 0 Å². The first-order valence-corrected chi connectivity index (χ1v) is 7.98. The Morgan fingerprint density at radius 1 is 1.39 bits per heavy atom. The Balaban J connectivity index is 1.66. The van der Waals surface area contributed by atoms with Gasteiger partial charge in [0.25, 0.3) is 11.5 Å². The molecule has 0 saturated heterocycles. The molecular weight excluding hydrogens is 341 g/mol. The van der Waals surface area contributed by atoms with Gasteiger partial charge in [0.05, 0.1) is 16.9 Å². The highest BCUT2D eigenvalue weighted by atomic mass is 35.5. The molecule has 1 N–H and O–H groups in total. The molecule has 8 heteroatoms. The average molecular weight is 352 g/mol. The fraction of sp³-hybridized carbons (Fsp3) is 0.133. The highest BCUT2D eigenvalue weighted by Crippen LogP contribution is 2.16. The molecule has 3 aromatic rings. The minimum Gasteiger partial charge on any atom is -0.350 e. The third-order valence-corrected chi connectivity index (χ3v) is 4.44. The zero-order chi connectivity index (χ0) is 16.4. The van der Waals surface area contributed by atoms with Gasteiger partial charge >= 0.3 is 0 Å². The third kappa shape index (κ3) is 3.25. The topological polar surface area (TPSA) is 64.0 Å². The van der Waals surface area contributed by atoms with Crippen LogP contribution in [0, 0.1) is 5.82 Å². The van der Waals surface area contributed by atoms with Crippen molar-refractivity contribution in [2.75, 3.05) is 6.54 Å². The van der Waals surface area contributed by atoms with E-state index in [1.165, 1.54) is 34.4 Å². The van der Waals surface area contributed by atoms with E-state index < -0.39 is 5.82 Å². The highest BCUT2D eigenvalue weighted by Gasteiger charge is 2.09. The van der Waals surface area contributed by atoms with E-state index in [1.807, 2.05) is 5.38 Å². The van der Waals surface area contributed by atoms with E-state index in [-0.39, 0.29) is 28.6 Å². The van der Waals surface area contributed by atoms with Gasteiger partial charge in [-0.05, 0) is 29.6 Å². The smallest absolute Gasteiger partial charge is 0.271 e. The van der Waals surface area contributed by atoms with Crippen molar-refractivity contribution >= 4 is 39.1 Å². The number of carbonyl (C=O) groups excluding carboxylic acids is 1. The monoisotopic (exact) mass is 351 g/mol. The van der Waals surface area contributed by atoms with Crippen LogP contribution in [-0.4, -0.2) is 22.0 Å². The number of thiophene rings is 1. The normalized spacial score (nSPS) is 10.9. The van der Waals surface area contributed by atoms with Crippen LogP contribution in [-0.2, 0) is 6.54 Å². The summed E-state index contributed by atoms with van der Waals surface area (Å²) >= 11 is 6.98. The molecule has 0 aliphatic heterocycles. The SMILES string of the molecule is O=C(NCCn1cnc2ccsc2c1=O)c1ccc(F)c(Cl)c1. The molecule has 0 saturated carbocycles. The molecule has 5 nitrogen and oxygen atoms in total. The van der Waals surface area contributed by atoms with Gasteiger partial charge in [0.1, 0.15) is 10.5 Å². The summed E-state index contributed by atoms with van der Waals surface area (Å²) in [6.45, 7) is 0.534. The van der Waals surface area contributed by atoms with Crippen LogP contribution in [0.1, 0.15) is 10.4 Å². The van der Waals surface area contributed by atoms with Crippen LogP contribution < -0.4 is 10.9 Å². The second-order valence-electron chi connectivity index (χ2n) is 4.76. The van der Waals surface area contributed by atoms with Crippen molar-refractivity contribution < 1.29 is 9.18 Å². The summed E-state index contributed by atoms with van der Waals surface area (Å²) in [5.41, 5.74) is 0.792. The van der Waals surface area contributed by atoms with Crippen LogP contribution in [0.4, 0.5) is 4.39 Å². The van der Waals surface area contributed by atoms with E-state index in [2.05, 4.69) is 10.3 Å². The van der Waals surface area contributed by atoms with Gasteiger partial charge in [-0.3, -0.25) is 14.2 Å². The molecule has 3 rings (SSSR count). The number of hydrogen-bond acceptors (Lipinski definition) is 4. The molecule has 2 aromatic heterocycles. The van der Waals surface area contributed by atoms with Crippen molar-refractivity contribution in [1.29, 1.82) is 0 Å². The van der Waals surface area contributed by atoms with Gasteiger partial charge in [-0.1, -0.05) is 11.6 Å². The van der Waals surface area contributed by atoms with E-state index in [9.17, 15) is 14.0 Å². The number of benzene rings is 1. The van der Waals surface area contributed by atoms with Crippen molar-refractivity contribution in [2.24, 2.45) is 0 Å². The molecule has 0 fully saturated rings. The fourth-order valence-electron chi connectivity index (χ4n) is 2.07. The van der Waals surface area contributed by atoms with Crippen LogP contribution >= 0.6 is 22.9 Å². The summed E-state index contributed by atoms with van der Waals surface area (Å²) in [5, 5.41) is 4.36. The Labute approximate surface area is 139 Å². The number of nitrogens with zero attached hydrogens (tertiary/aromatic N) is 2. The van der Waals surface area contributed by atoms with Crippen molar-refractivity contribution in [3.63, 3.8) is 0 Å². The predicted octanol–water partition coefficient (Wildman–Crippen LogP) is 2.68. The zero-order valence-corrected chi connectivity index (χ0v) is 13.3. The number of carbonyl (C=O) groups is 1. The lowest BCUT2D eigenvalue weighted by molar-refractivity contribution is 0.0952. The van der Waals surface area contributed by atoms with Crippen molar-refractivity contribution in [1.82, 2.24) is 14.9 Å². The maximum Gasteiger partial charge on any atom is 0.271 e. The quantitative estimate of drug-likeness (QED) is 0.786. The molecule has 0 bridgehead atoms. The van der Waals surface area contributed by atoms with Crippen LogP contribution in [0.3, 0.4) is 0 Å². The second-order valence-corrected chi connectivity index (χ2v) is 6.09. The summed E-state index contributed by atoms with van der Waals surface area (Å²) < 4.78 is 15.1. The predicted molar refractivity (Wildman–Crippen MR) is 87.6 cm³/mol. The van der Waals surface area contributed by atoms with Gasteiger partial charge in [0, 0.05) is 18.7 Å². The third-order valence-electron chi connectivity index (χ3n) is 3.26. The molecule has 1 amide bonds. The standard InChI is InChI=1S/C15H11ClFN3O2S/c16-10-7-9(1-2-11(10)17)14(21)18-4-5-20-8-19-12-3-6-23-13(12)15(20)22/h1-3,6-8H,4-5H2,(H,18,21). The molecule has 0 unspecified atom stereocenters. The number of hydrogen-bond donors (Lipinski definition) is 1. The highest BCUT2D eigenvalue weighted by molar-refractivity contribution is 7.17. The number of halogens is 2. The van der Waals surface area contributed by atoms with Gasteiger partial charge in [-0.15, -0.1) is 11.3 Å². The van der Waals surface area contributed by atoms with E-state index in [1.54, 1.807) is 6.07 Å². The maximum absolute atomic E-state index is 13.1. The number of aromatic nitrogens is 2. The van der Waals surface area contributed by atoms with Crippen molar-refractivity contribution in [3.05, 3.63) is 62.7 Å². The number of amides is 1. The van der Waals surface area contributed by atoms with E-state index in [0.717, 1.165) is 6.07 Å². The maximum atomic E-state index is 13.1. The summed E-state index contributed by atoms with van der Waals surface area (Å²) in [5.74, 6) is -0.963. The Morgan fingerprint density at radius 2 is 2.22 bits per heavy atom. The first-order valence-electron chi connectivity index (χ1n) is 6.72. The lowest BCUT2D eigenvalue weighted by Crippen LogP contribution is -2.30. The minimum absolute atomic E-state index is 0.110. The molecule has 118 valence electrons. The van der Waals surface area contributed by atoms with Crippen LogP contribution in [0.5, 0.6) is 0 Å². The zero-order valence-electron chi connectivity index (χ0n) is 11.8. The first kappa shape index (κ1) is 15.6. The molecule has 0 spiro atoms. The van der Waals surface area contributed by atoms with E-state index in [4.69, 9.17) is 11.6 Å². The van der Waals surface area contributed by atoms with Gasteiger partial charge < -0.3 is 5.32 Å². The van der Waals surface area contributed by atoms with Crippen LogP contribution in [0.25, 0.3) is 10.2 Å². The molecular formula is C15H11ClFN3O2S. The largest absolute Gasteiger partial charge is 0.350 e. The van der Waals surface area contributed by atoms with Crippen LogP contribution in [0.2, 0.25) is 5.02 Å². The lowest BCUT2D eigenvalue weighted by Gasteiger charge is -2.08. The molecule has 0 aliphatic rings. The number of nitrogens with one attached hydrogen (secondary N) is 1. The van der Waals surface area contributed by atoms with Gasteiger partial charge in [-0.25, -0.2) is 9.37 Å². The van der Waals surface area contributed by atoms with Gasteiger partial charge in [-0.2, -0.15) is 0 Å².